The smallest absolute Gasteiger partial charge is 0.269 e. The van der Waals surface area contributed by atoms with Crippen molar-refractivity contribution in [3.8, 4) is 11.5 Å². The van der Waals surface area contributed by atoms with Crippen molar-refractivity contribution in [1.29, 1.82) is 0 Å². The lowest BCUT2D eigenvalue weighted by molar-refractivity contribution is 0.0962. The number of carbonyl (C=O) groups excluding carboxylic acids is 1. The third-order valence-corrected chi connectivity index (χ3v) is 4.64. The van der Waals surface area contributed by atoms with Gasteiger partial charge in [-0.25, -0.2) is 4.98 Å². The summed E-state index contributed by atoms with van der Waals surface area (Å²) in [7, 11) is 3.08. The highest BCUT2D eigenvalue weighted by atomic mass is 32.1. The number of thiazole rings is 1. The minimum Gasteiger partial charge on any atom is -0.497 e. The largest absolute Gasteiger partial charge is 0.497 e. The first-order chi connectivity index (χ1) is 12.0. The van der Waals surface area contributed by atoms with Crippen molar-refractivity contribution in [3.63, 3.8) is 0 Å². The number of fused-ring (bicyclic) bond motifs is 1. The number of carbonyl (C=O) groups is 1. The molecule has 1 amide bonds. The zero-order valence-electron chi connectivity index (χ0n) is 14.5. The Hall–Kier alpha value is -2.80. The lowest BCUT2D eigenvalue weighted by atomic mass is 10.1. The van der Waals surface area contributed by atoms with E-state index in [-0.39, 0.29) is 5.91 Å². The fourth-order valence-electron chi connectivity index (χ4n) is 2.54. The molecule has 0 fully saturated rings. The van der Waals surface area contributed by atoms with Gasteiger partial charge in [0.2, 0.25) is 5.13 Å². The van der Waals surface area contributed by atoms with Crippen molar-refractivity contribution >= 4 is 32.6 Å². The molecule has 0 saturated heterocycles. The summed E-state index contributed by atoms with van der Waals surface area (Å²) in [4.78, 5) is 16.9. The van der Waals surface area contributed by atoms with E-state index in [1.165, 1.54) is 16.9 Å². The summed E-state index contributed by atoms with van der Waals surface area (Å²) in [5, 5.41) is 0.631. The fraction of sp³-hybridized carbons (Fsp3) is 0.222. The highest BCUT2D eigenvalue weighted by Gasteiger charge is 2.11. The molecule has 1 aromatic heterocycles. The number of hydrogen-bond donors (Lipinski definition) is 2. The van der Waals surface area contributed by atoms with Crippen LogP contribution in [0.25, 0.3) is 10.2 Å². The van der Waals surface area contributed by atoms with Crippen molar-refractivity contribution in [2.45, 2.75) is 13.8 Å². The fourth-order valence-corrected chi connectivity index (χ4v) is 3.54. The van der Waals surface area contributed by atoms with Crippen LogP contribution in [0.5, 0.6) is 11.5 Å². The second-order valence-electron chi connectivity index (χ2n) is 5.63. The van der Waals surface area contributed by atoms with Gasteiger partial charge in [0.1, 0.15) is 11.5 Å². The van der Waals surface area contributed by atoms with Crippen molar-refractivity contribution < 1.29 is 14.3 Å². The molecular formula is C18H19N3O3S. The number of nitrogens with one attached hydrogen (secondary N) is 2. The Labute approximate surface area is 149 Å². The number of anilines is 1. The van der Waals surface area contributed by atoms with E-state index in [1.807, 2.05) is 6.92 Å². The predicted molar refractivity (Wildman–Crippen MR) is 99.7 cm³/mol. The molecule has 2 N–H and O–H groups in total. The van der Waals surface area contributed by atoms with Gasteiger partial charge in [-0.2, -0.15) is 0 Å². The van der Waals surface area contributed by atoms with Crippen LogP contribution in [-0.4, -0.2) is 25.1 Å². The monoisotopic (exact) mass is 357 g/mol. The zero-order valence-corrected chi connectivity index (χ0v) is 15.3. The molecule has 130 valence electrons. The molecule has 0 saturated carbocycles. The quantitative estimate of drug-likeness (QED) is 0.682. The molecule has 2 aromatic carbocycles. The zero-order chi connectivity index (χ0) is 18.0. The summed E-state index contributed by atoms with van der Waals surface area (Å²) in [6.45, 7) is 4.08. The minimum atomic E-state index is -0.302. The van der Waals surface area contributed by atoms with Crippen LogP contribution in [0.3, 0.4) is 0 Å². The highest BCUT2D eigenvalue weighted by molar-refractivity contribution is 7.22. The molecule has 3 aromatic rings. The summed E-state index contributed by atoms with van der Waals surface area (Å²) in [5.74, 6) is 0.801. The van der Waals surface area contributed by atoms with Gasteiger partial charge in [0.15, 0.2) is 0 Å². The number of amides is 1. The first kappa shape index (κ1) is 17.0. The SMILES string of the molecule is COc1cc(OC)cc(C(=O)NNc2nc3c(C)cc(C)cc3s2)c1. The molecule has 0 unspecified atom stereocenters. The molecule has 0 bridgehead atoms. The maximum absolute atomic E-state index is 12.4. The molecule has 0 radical (unpaired) electrons. The van der Waals surface area contributed by atoms with E-state index in [0.717, 1.165) is 15.8 Å². The maximum Gasteiger partial charge on any atom is 0.269 e. The molecule has 0 spiro atoms. The van der Waals surface area contributed by atoms with E-state index >= 15 is 0 Å². The van der Waals surface area contributed by atoms with E-state index in [1.54, 1.807) is 32.4 Å². The number of aromatic nitrogens is 1. The Morgan fingerprint density at radius 3 is 2.36 bits per heavy atom. The predicted octanol–water partition coefficient (Wildman–Crippen LogP) is 3.69. The third-order valence-electron chi connectivity index (χ3n) is 3.73. The van der Waals surface area contributed by atoms with Gasteiger partial charge < -0.3 is 9.47 Å². The Bertz CT molecular complexity index is 914. The normalized spacial score (nSPS) is 10.6. The second-order valence-corrected chi connectivity index (χ2v) is 6.66. The van der Waals surface area contributed by atoms with E-state index in [4.69, 9.17) is 9.47 Å². The number of benzene rings is 2. The molecule has 0 aliphatic heterocycles. The Kier molecular flexibility index (Phi) is 4.76. The van der Waals surface area contributed by atoms with E-state index in [0.29, 0.717) is 22.2 Å². The topological polar surface area (TPSA) is 72.5 Å². The van der Waals surface area contributed by atoms with Crippen LogP contribution in [0, 0.1) is 13.8 Å². The number of hydrazine groups is 1. The van der Waals surface area contributed by atoms with Gasteiger partial charge in [-0.3, -0.25) is 15.6 Å². The van der Waals surface area contributed by atoms with Gasteiger partial charge in [-0.1, -0.05) is 17.4 Å². The molecule has 0 aliphatic carbocycles. The van der Waals surface area contributed by atoms with Gasteiger partial charge in [0, 0.05) is 11.6 Å². The molecule has 1 heterocycles. The van der Waals surface area contributed by atoms with Gasteiger partial charge in [0.25, 0.3) is 5.91 Å². The third kappa shape index (κ3) is 3.66. The van der Waals surface area contributed by atoms with Crippen LogP contribution in [0.2, 0.25) is 0 Å². The average Bonchev–Trinajstić information content (AvgIpc) is 3.02. The molecule has 6 nitrogen and oxygen atoms in total. The van der Waals surface area contributed by atoms with Crippen molar-refractivity contribution in [1.82, 2.24) is 10.4 Å². The van der Waals surface area contributed by atoms with Gasteiger partial charge in [-0.15, -0.1) is 0 Å². The van der Waals surface area contributed by atoms with Crippen LogP contribution in [0.1, 0.15) is 21.5 Å². The standard InChI is InChI=1S/C18H19N3O3S/c1-10-5-11(2)16-15(6-10)25-18(19-16)21-20-17(22)12-7-13(23-3)9-14(8-12)24-4/h5-9H,1-4H3,(H,19,21)(H,20,22). The maximum atomic E-state index is 12.4. The lowest BCUT2D eigenvalue weighted by Gasteiger charge is -2.09. The van der Waals surface area contributed by atoms with Crippen LogP contribution in [-0.2, 0) is 0 Å². The molecule has 3 rings (SSSR count). The molecule has 0 atom stereocenters. The first-order valence-corrected chi connectivity index (χ1v) is 8.49. The highest BCUT2D eigenvalue weighted by Crippen LogP contribution is 2.29. The van der Waals surface area contributed by atoms with Crippen molar-refractivity contribution in [3.05, 3.63) is 47.0 Å². The van der Waals surface area contributed by atoms with Crippen LogP contribution >= 0.6 is 11.3 Å². The van der Waals surface area contributed by atoms with Crippen LogP contribution in [0.15, 0.2) is 30.3 Å². The summed E-state index contributed by atoms with van der Waals surface area (Å²) >= 11 is 1.49. The van der Waals surface area contributed by atoms with Crippen molar-refractivity contribution in [2.24, 2.45) is 0 Å². The Morgan fingerprint density at radius 1 is 1.04 bits per heavy atom. The van der Waals surface area contributed by atoms with Gasteiger partial charge in [-0.05, 0) is 43.2 Å². The first-order valence-electron chi connectivity index (χ1n) is 7.67. The van der Waals surface area contributed by atoms with Gasteiger partial charge in [0.05, 0.1) is 24.4 Å². The minimum absolute atomic E-state index is 0.302. The average molecular weight is 357 g/mol. The van der Waals surface area contributed by atoms with Gasteiger partial charge >= 0.3 is 0 Å². The molecule has 7 heteroatoms. The number of hydrogen-bond acceptors (Lipinski definition) is 6. The lowest BCUT2D eigenvalue weighted by Crippen LogP contribution is -2.29. The Morgan fingerprint density at radius 2 is 1.72 bits per heavy atom. The number of rotatable bonds is 5. The van der Waals surface area contributed by atoms with Crippen LogP contribution < -0.4 is 20.3 Å². The Balaban J connectivity index is 1.77. The summed E-state index contributed by atoms with van der Waals surface area (Å²) in [6, 6.07) is 9.17. The number of aryl methyl sites for hydroxylation is 2. The second kappa shape index (κ2) is 6.98. The van der Waals surface area contributed by atoms with Crippen LogP contribution in [0.4, 0.5) is 5.13 Å². The van der Waals surface area contributed by atoms with E-state index < -0.39 is 0 Å². The number of nitrogens with zero attached hydrogens (tertiary/aromatic N) is 1. The molecular weight excluding hydrogens is 338 g/mol. The van der Waals surface area contributed by atoms with E-state index in [2.05, 4.69) is 34.9 Å². The van der Waals surface area contributed by atoms with E-state index in [9.17, 15) is 4.79 Å². The number of ether oxygens (including phenoxy) is 2. The number of methoxy groups -OCH3 is 2. The summed E-state index contributed by atoms with van der Waals surface area (Å²) < 4.78 is 11.4. The molecule has 25 heavy (non-hydrogen) atoms. The summed E-state index contributed by atoms with van der Waals surface area (Å²) in [6.07, 6.45) is 0. The van der Waals surface area contributed by atoms with Crippen molar-refractivity contribution in [2.75, 3.05) is 19.6 Å². The summed E-state index contributed by atoms with van der Waals surface area (Å²) in [5.41, 5.74) is 9.21. The molecule has 0 aliphatic rings.